The van der Waals surface area contributed by atoms with Crippen molar-refractivity contribution in [1.82, 2.24) is 0 Å². The molecule has 2 N–H and O–H groups in total. The number of fused-ring (bicyclic) bond motifs is 1. The molecule has 3 rings (SSSR count). The van der Waals surface area contributed by atoms with Crippen LogP contribution < -0.4 is 14.8 Å². The molecule has 138 valence electrons. The molecule has 1 amide bonds. The van der Waals surface area contributed by atoms with E-state index in [0.29, 0.717) is 18.6 Å². The van der Waals surface area contributed by atoms with E-state index in [4.69, 9.17) is 9.47 Å². The van der Waals surface area contributed by atoms with Gasteiger partial charge in [-0.3, -0.25) is 4.79 Å². The largest absolute Gasteiger partial charge is 0.504 e. The van der Waals surface area contributed by atoms with Crippen molar-refractivity contribution in [2.24, 2.45) is 0 Å². The second-order valence-electron chi connectivity index (χ2n) is 5.84. The number of ether oxygens (including phenoxy) is 2. The lowest BCUT2D eigenvalue weighted by Crippen LogP contribution is -2.35. The zero-order chi connectivity index (χ0) is 18.9. The average molecular weight is 367 g/mol. The second kappa shape index (κ2) is 6.78. The van der Waals surface area contributed by atoms with Crippen LogP contribution in [0.25, 0.3) is 0 Å². The predicted octanol–water partition coefficient (Wildman–Crippen LogP) is 3.75. The Kier molecular flexibility index (Phi) is 4.67. The van der Waals surface area contributed by atoms with Gasteiger partial charge in [0.25, 0.3) is 5.91 Å². The Labute approximate surface area is 147 Å². The van der Waals surface area contributed by atoms with Gasteiger partial charge in [0.05, 0.1) is 12.7 Å². The molecular weight excluding hydrogens is 351 g/mol. The van der Waals surface area contributed by atoms with Gasteiger partial charge in [0.15, 0.2) is 17.6 Å². The average Bonchev–Trinajstić information content (AvgIpc) is 2.60. The summed E-state index contributed by atoms with van der Waals surface area (Å²) in [5.74, 6) is 0.191. The molecule has 1 aliphatic heterocycles. The van der Waals surface area contributed by atoms with Crippen LogP contribution in [0.2, 0.25) is 0 Å². The standard InChI is InChI=1S/C18H16F3NO4/c1-25-16-9-15-10(8-13(16)23)2-7-14(26-15)17(24)22-12-5-3-11(4-6-12)18(19,20)21/h3-6,8-9,14,23H,2,7H2,1H3,(H,22,24). The maximum atomic E-state index is 12.6. The molecule has 2 aromatic carbocycles. The van der Waals surface area contributed by atoms with Gasteiger partial charge in [-0.2, -0.15) is 13.2 Å². The Bertz CT molecular complexity index is 818. The van der Waals surface area contributed by atoms with E-state index in [0.717, 1.165) is 17.7 Å². The Morgan fingerprint density at radius 2 is 1.96 bits per heavy atom. The number of hydrogen-bond acceptors (Lipinski definition) is 4. The molecular formula is C18H16F3NO4. The van der Waals surface area contributed by atoms with Crippen LogP contribution in [0, 0.1) is 0 Å². The van der Waals surface area contributed by atoms with E-state index in [1.807, 2.05) is 0 Å². The number of amides is 1. The number of aromatic hydroxyl groups is 1. The first-order valence-electron chi connectivity index (χ1n) is 7.82. The third-order valence-corrected chi connectivity index (χ3v) is 4.08. The predicted molar refractivity (Wildman–Crippen MR) is 87.5 cm³/mol. The van der Waals surface area contributed by atoms with Crippen molar-refractivity contribution in [1.29, 1.82) is 0 Å². The highest BCUT2D eigenvalue weighted by molar-refractivity contribution is 5.94. The molecule has 1 atom stereocenters. The van der Waals surface area contributed by atoms with Gasteiger partial charge in [-0.05, 0) is 48.7 Å². The van der Waals surface area contributed by atoms with Gasteiger partial charge in [-0.25, -0.2) is 0 Å². The van der Waals surface area contributed by atoms with Crippen LogP contribution in [0.5, 0.6) is 17.2 Å². The van der Waals surface area contributed by atoms with Gasteiger partial charge in [-0.15, -0.1) is 0 Å². The van der Waals surface area contributed by atoms with Crippen molar-refractivity contribution in [3.63, 3.8) is 0 Å². The number of phenolic OH excluding ortho intramolecular Hbond substituents is 1. The van der Waals surface area contributed by atoms with E-state index >= 15 is 0 Å². The Balaban J connectivity index is 1.70. The fourth-order valence-corrected chi connectivity index (χ4v) is 2.71. The first-order chi connectivity index (χ1) is 12.3. The molecule has 2 aromatic rings. The van der Waals surface area contributed by atoms with Crippen molar-refractivity contribution >= 4 is 11.6 Å². The van der Waals surface area contributed by atoms with Crippen LogP contribution in [-0.4, -0.2) is 24.2 Å². The van der Waals surface area contributed by atoms with Crippen LogP contribution in [0.15, 0.2) is 36.4 Å². The van der Waals surface area contributed by atoms with Crippen LogP contribution in [0.4, 0.5) is 18.9 Å². The van der Waals surface area contributed by atoms with E-state index in [1.165, 1.54) is 31.4 Å². The number of benzene rings is 2. The van der Waals surface area contributed by atoms with E-state index in [1.54, 1.807) is 0 Å². The summed E-state index contributed by atoms with van der Waals surface area (Å²) in [4.78, 5) is 12.3. The molecule has 1 aliphatic rings. The summed E-state index contributed by atoms with van der Waals surface area (Å²) < 4.78 is 48.4. The normalized spacial score (nSPS) is 16.4. The van der Waals surface area contributed by atoms with E-state index in [-0.39, 0.29) is 17.2 Å². The SMILES string of the molecule is COc1cc2c(cc1O)CCC(C(=O)Nc1ccc(C(F)(F)F)cc1)O2. The van der Waals surface area contributed by atoms with Crippen LogP contribution in [0.1, 0.15) is 17.5 Å². The second-order valence-corrected chi connectivity index (χ2v) is 5.84. The minimum atomic E-state index is -4.43. The Morgan fingerprint density at radius 3 is 2.58 bits per heavy atom. The molecule has 0 radical (unpaired) electrons. The first kappa shape index (κ1) is 17.9. The highest BCUT2D eigenvalue weighted by atomic mass is 19.4. The number of phenols is 1. The zero-order valence-corrected chi connectivity index (χ0v) is 13.8. The summed E-state index contributed by atoms with van der Waals surface area (Å²) in [5.41, 5.74) is 0.216. The lowest BCUT2D eigenvalue weighted by molar-refractivity contribution is -0.137. The number of nitrogens with one attached hydrogen (secondary N) is 1. The minimum Gasteiger partial charge on any atom is -0.504 e. The molecule has 0 aromatic heterocycles. The number of anilines is 1. The maximum absolute atomic E-state index is 12.6. The lowest BCUT2D eigenvalue weighted by atomic mass is 10.0. The fourth-order valence-electron chi connectivity index (χ4n) is 2.71. The number of alkyl halides is 3. The summed E-state index contributed by atoms with van der Waals surface area (Å²) in [5, 5.41) is 12.3. The Hall–Kier alpha value is -2.90. The number of carbonyl (C=O) groups excluding carboxylic acids is 1. The van der Waals surface area contributed by atoms with Gasteiger partial charge in [-0.1, -0.05) is 0 Å². The summed E-state index contributed by atoms with van der Waals surface area (Å²) >= 11 is 0. The molecule has 8 heteroatoms. The number of aryl methyl sites for hydroxylation is 1. The van der Waals surface area contributed by atoms with Crippen molar-refractivity contribution in [2.75, 3.05) is 12.4 Å². The van der Waals surface area contributed by atoms with E-state index in [9.17, 15) is 23.1 Å². The number of methoxy groups -OCH3 is 1. The number of hydrogen-bond donors (Lipinski definition) is 2. The molecule has 0 saturated carbocycles. The summed E-state index contributed by atoms with van der Waals surface area (Å²) in [6.45, 7) is 0. The summed E-state index contributed by atoms with van der Waals surface area (Å²) in [6.07, 6.45) is -4.33. The van der Waals surface area contributed by atoms with Gasteiger partial charge >= 0.3 is 6.18 Å². The van der Waals surface area contributed by atoms with E-state index in [2.05, 4.69) is 5.32 Å². The van der Waals surface area contributed by atoms with Gasteiger partial charge in [0.2, 0.25) is 0 Å². The van der Waals surface area contributed by atoms with Crippen LogP contribution >= 0.6 is 0 Å². The molecule has 5 nitrogen and oxygen atoms in total. The number of halogens is 3. The third-order valence-electron chi connectivity index (χ3n) is 4.08. The van der Waals surface area contributed by atoms with Gasteiger partial charge in [0, 0.05) is 11.8 Å². The van der Waals surface area contributed by atoms with Gasteiger partial charge < -0.3 is 19.9 Å². The fraction of sp³-hybridized carbons (Fsp3) is 0.278. The van der Waals surface area contributed by atoms with E-state index < -0.39 is 23.8 Å². The molecule has 0 bridgehead atoms. The monoisotopic (exact) mass is 367 g/mol. The maximum Gasteiger partial charge on any atom is 0.416 e. The highest BCUT2D eigenvalue weighted by Crippen LogP contribution is 2.37. The first-order valence-corrected chi connectivity index (χ1v) is 7.82. The zero-order valence-electron chi connectivity index (χ0n) is 13.8. The minimum absolute atomic E-state index is 0.0116. The van der Waals surface area contributed by atoms with Gasteiger partial charge in [0.1, 0.15) is 5.75 Å². The molecule has 0 spiro atoms. The molecule has 26 heavy (non-hydrogen) atoms. The lowest BCUT2D eigenvalue weighted by Gasteiger charge is -2.26. The van der Waals surface area contributed by atoms with Crippen LogP contribution in [0.3, 0.4) is 0 Å². The molecule has 0 aliphatic carbocycles. The van der Waals surface area contributed by atoms with Crippen molar-refractivity contribution in [3.8, 4) is 17.2 Å². The van der Waals surface area contributed by atoms with Crippen LogP contribution in [-0.2, 0) is 17.4 Å². The summed E-state index contributed by atoms with van der Waals surface area (Å²) in [6, 6.07) is 7.22. The topological polar surface area (TPSA) is 67.8 Å². The quantitative estimate of drug-likeness (QED) is 0.867. The van der Waals surface area contributed by atoms with Crippen molar-refractivity contribution in [3.05, 3.63) is 47.5 Å². The summed E-state index contributed by atoms with van der Waals surface area (Å²) in [7, 11) is 1.40. The van der Waals surface area contributed by atoms with Crippen molar-refractivity contribution < 1.29 is 32.5 Å². The Morgan fingerprint density at radius 1 is 1.27 bits per heavy atom. The molecule has 1 unspecified atom stereocenters. The molecule has 1 heterocycles. The third kappa shape index (κ3) is 3.68. The number of rotatable bonds is 3. The molecule has 0 saturated heterocycles. The number of carbonyl (C=O) groups is 1. The highest BCUT2D eigenvalue weighted by Gasteiger charge is 2.31. The smallest absolute Gasteiger partial charge is 0.416 e. The molecule has 0 fully saturated rings. The van der Waals surface area contributed by atoms with Crippen molar-refractivity contribution in [2.45, 2.75) is 25.1 Å².